The molecule has 0 fully saturated rings. The first-order chi connectivity index (χ1) is 6.15. The van der Waals surface area contributed by atoms with Crippen LogP contribution in [0.5, 0.6) is 0 Å². The minimum Gasteiger partial charge on any atom is -0.813 e. The maximum absolute atomic E-state index is 8.52. The van der Waals surface area contributed by atoms with Crippen LogP contribution >= 0.6 is 8.25 Å². The van der Waals surface area contributed by atoms with Crippen LogP contribution in [0, 0.1) is 0 Å². The Kier molecular flexibility index (Phi) is 18.7. The van der Waals surface area contributed by atoms with Crippen molar-refractivity contribution in [2.24, 2.45) is 0 Å². The van der Waals surface area contributed by atoms with E-state index in [1.54, 1.807) is 0 Å². The van der Waals surface area contributed by atoms with Crippen LogP contribution in [0.15, 0.2) is 0 Å². The van der Waals surface area contributed by atoms with Crippen molar-refractivity contribution in [3.8, 4) is 0 Å². The van der Waals surface area contributed by atoms with E-state index in [1.165, 1.54) is 38.5 Å². The molecule has 0 unspecified atom stereocenters. The standard InChI is InChI=1S/C8H17.Ni.H3O3P/c1-3-5-7-8-6-4-2;;1-4(2)3/h1,3-8H2,2H3;;4H,(H2,1,2,3)/q;+2;/p-2. The van der Waals surface area contributed by atoms with Crippen molar-refractivity contribution in [2.75, 3.05) is 0 Å². The molecule has 0 radical (unpaired) electrons. The fraction of sp³-hybridized carbons (Fsp3) is 1.00. The summed E-state index contributed by atoms with van der Waals surface area (Å²) in [6.45, 7) is 2.25. The Bertz CT molecular complexity index is 102. The van der Waals surface area contributed by atoms with E-state index >= 15 is 0 Å². The first-order valence-electron chi connectivity index (χ1n) is 4.54. The molecule has 0 amide bonds. The second-order valence-electron chi connectivity index (χ2n) is 2.68. The van der Waals surface area contributed by atoms with E-state index in [-0.39, 0.29) is 0 Å². The van der Waals surface area contributed by atoms with Gasteiger partial charge < -0.3 is 14.4 Å². The molecule has 0 aromatic carbocycles. The zero-order valence-corrected chi connectivity index (χ0v) is 9.98. The zero-order valence-electron chi connectivity index (χ0n) is 7.99. The van der Waals surface area contributed by atoms with Crippen LogP contribution in [0.3, 0.4) is 0 Å². The molecule has 0 saturated carbocycles. The van der Waals surface area contributed by atoms with Crippen molar-refractivity contribution in [3.05, 3.63) is 0 Å². The van der Waals surface area contributed by atoms with Gasteiger partial charge >= 0.3 is 66.3 Å². The van der Waals surface area contributed by atoms with Crippen LogP contribution < -0.4 is 9.79 Å². The fourth-order valence-corrected chi connectivity index (χ4v) is 1.11. The molecule has 0 aliphatic carbocycles. The molecular weight excluding hydrogens is 234 g/mol. The Morgan fingerprint density at radius 2 is 1.46 bits per heavy atom. The molecule has 0 N–H and O–H groups in total. The summed E-state index contributed by atoms with van der Waals surface area (Å²) in [5, 5.41) is 0.992. The predicted molar refractivity (Wildman–Crippen MR) is 47.2 cm³/mol. The molecule has 0 heterocycles. The largest absolute Gasteiger partial charge is 0.813 e. The number of unbranched alkanes of at least 4 members (excludes halogenated alkanes) is 5. The Morgan fingerprint density at radius 3 is 1.85 bits per heavy atom. The van der Waals surface area contributed by atoms with Gasteiger partial charge in [-0.2, -0.15) is 0 Å². The Hall–Kier alpha value is 0.644. The van der Waals surface area contributed by atoms with Crippen molar-refractivity contribution >= 4 is 8.25 Å². The molecule has 0 saturated heterocycles. The van der Waals surface area contributed by atoms with Crippen LogP contribution in [0.4, 0.5) is 0 Å². The van der Waals surface area contributed by atoms with E-state index in [1.807, 2.05) is 0 Å². The summed E-state index contributed by atoms with van der Waals surface area (Å²) < 4.78 is 8.52. The maximum Gasteiger partial charge on any atom is -0.0813 e. The number of hydrogen-bond donors (Lipinski definition) is 0. The monoisotopic (exact) mass is 251 g/mol. The Balaban J connectivity index is 0. The van der Waals surface area contributed by atoms with Gasteiger partial charge in [0, 0.05) is 0 Å². The molecule has 0 aromatic rings. The van der Waals surface area contributed by atoms with Gasteiger partial charge in [-0.05, 0) is 0 Å². The fourth-order valence-electron chi connectivity index (χ4n) is 0.859. The zero-order chi connectivity index (χ0) is 10.5. The first kappa shape index (κ1) is 16.1. The van der Waals surface area contributed by atoms with Crippen molar-refractivity contribution in [1.29, 1.82) is 0 Å². The van der Waals surface area contributed by atoms with Gasteiger partial charge in [0.1, 0.15) is 0 Å². The first-order valence-corrected chi connectivity index (χ1v) is 6.47. The average molecular weight is 252 g/mol. The van der Waals surface area contributed by atoms with E-state index in [9.17, 15) is 0 Å². The Labute approximate surface area is 89.3 Å². The van der Waals surface area contributed by atoms with Crippen LogP contribution in [0.2, 0.25) is 5.39 Å². The third kappa shape index (κ3) is 32.5. The summed E-state index contributed by atoms with van der Waals surface area (Å²) in [5.74, 6) is 0. The van der Waals surface area contributed by atoms with Gasteiger partial charge in [0.05, 0.1) is 0 Å². The van der Waals surface area contributed by atoms with Crippen molar-refractivity contribution < 1.29 is 29.8 Å². The third-order valence-corrected chi connectivity index (χ3v) is 1.81. The molecule has 0 aliphatic rings. The molecule has 0 aromatic heterocycles. The van der Waals surface area contributed by atoms with Gasteiger partial charge in [-0.25, -0.2) is 0 Å². The van der Waals surface area contributed by atoms with Crippen molar-refractivity contribution in [3.63, 3.8) is 0 Å². The van der Waals surface area contributed by atoms with Gasteiger partial charge in [0.2, 0.25) is 0 Å². The van der Waals surface area contributed by atoms with E-state index in [2.05, 4.69) is 22.4 Å². The number of hydrogen-bond acceptors (Lipinski definition) is 3. The van der Waals surface area contributed by atoms with Gasteiger partial charge in [-0.1, -0.05) is 8.25 Å². The maximum atomic E-state index is 8.52. The van der Waals surface area contributed by atoms with Gasteiger partial charge in [-0.15, -0.1) is 0 Å². The minimum atomic E-state index is -3.63. The summed E-state index contributed by atoms with van der Waals surface area (Å²) in [5.41, 5.74) is 0. The van der Waals surface area contributed by atoms with E-state index < -0.39 is 8.25 Å². The smallest absolute Gasteiger partial charge is 0.0813 e. The molecule has 13 heavy (non-hydrogen) atoms. The van der Waals surface area contributed by atoms with Crippen LogP contribution in [0.1, 0.15) is 45.4 Å². The van der Waals surface area contributed by atoms with Crippen LogP contribution in [0.25, 0.3) is 0 Å². The summed E-state index contributed by atoms with van der Waals surface area (Å²) in [6.07, 6.45) is 8.19. The van der Waals surface area contributed by atoms with Crippen molar-refractivity contribution in [2.45, 2.75) is 50.8 Å². The molecule has 0 aliphatic heterocycles. The third-order valence-electron chi connectivity index (χ3n) is 1.47. The minimum absolute atomic E-state index is 0.992. The number of rotatable bonds is 6. The molecule has 83 valence electrons. The second-order valence-corrected chi connectivity index (χ2v) is 3.67. The van der Waals surface area contributed by atoms with E-state index in [0.717, 1.165) is 5.39 Å². The quantitative estimate of drug-likeness (QED) is 0.407. The molecular formula is C8H18NiO3P. The van der Waals surface area contributed by atoms with Gasteiger partial charge in [0.25, 0.3) is 0 Å². The predicted octanol–water partition coefficient (Wildman–Crippen LogP) is 1.41. The van der Waals surface area contributed by atoms with E-state index in [0.29, 0.717) is 0 Å². The van der Waals surface area contributed by atoms with E-state index in [4.69, 9.17) is 14.4 Å². The summed E-state index contributed by atoms with van der Waals surface area (Å²) in [7, 11) is -3.63. The topological polar surface area (TPSA) is 63.2 Å². The van der Waals surface area contributed by atoms with Gasteiger partial charge in [0.15, 0.2) is 0 Å². The molecule has 0 atom stereocenters. The Morgan fingerprint density at radius 1 is 1.08 bits per heavy atom. The molecule has 0 rings (SSSR count). The summed E-state index contributed by atoms with van der Waals surface area (Å²) in [6, 6.07) is 0. The molecule has 5 heteroatoms. The second kappa shape index (κ2) is 15.1. The molecule has 3 nitrogen and oxygen atoms in total. The van der Waals surface area contributed by atoms with Crippen molar-refractivity contribution in [1.82, 2.24) is 0 Å². The normalized spacial score (nSPS) is 9.62. The summed E-state index contributed by atoms with van der Waals surface area (Å²) >= 11 is 4.57. The van der Waals surface area contributed by atoms with Crippen LogP contribution in [-0.2, 0) is 20.0 Å². The molecule has 0 spiro atoms. The molecule has 0 bridgehead atoms. The average Bonchev–Trinajstić information content (AvgIpc) is 2.03. The summed E-state index contributed by atoms with van der Waals surface area (Å²) in [4.78, 5) is 17.0. The SMILES string of the molecule is CCCCCCC[CH2][Ni+2].O=[PH]([O-])[O-]. The van der Waals surface area contributed by atoms with Gasteiger partial charge in [-0.3, -0.25) is 0 Å². The van der Waals surface area contributed by atoms with Crippen LogP contribution in [-0.4, -0.2) is 0 Å².